The van der Waals surface area contributed by atoms with Crippen LogP contribution in [-0.2, 0) is 0 Å². The van der Waals surface area contributed by atoms with E-state index in [1.54, 1.807) is 0 Å². The molecule has 0 bridgehead atoms. The Bertz CT molecular complexity index is 1170. The van der Waals surface area contributed by atoms with Gasteiger partial charge in [-0.2, -0.15) is 0 Å². The quantitative estimate of drug-likeness (QED) is 0.427. The minimum Gasteiger partial charge on any atom is -0.454 e. The summed E-state index contributed by atoms with van der Waals surface area (Å²) in [7, 11) is 0. The van der Waals surface area contributed by atoms with Crippen LogP contribution in [0.4, 0.5) is 0 Å². The molecule has 3 nitrogen and oxygen atoms in total. The van der Waals surface area contributed by atoms with E-state index >= 15 is 0 Å². The maximum atomic E-state index is 6.05. The highest BCUT2D eigenvalue weighted by Crippen LogP contribution is 2.34. The number of rotatable bonds is 1. The molecule has 0 aliphatic heterocycles. The third-order valence-corrected chi connectivity index (χ3v) is 4.17. The Labute approximate surface area is 132 Å². The van der Waals surface area contributed by atoms with Gasteiger partial charge in [0.2, 0.25) is 0 Å². The van der Waals surface area contributed by atoms with E-state index in [1.165, 1.54) is 0 Å². The summed E-state index contributed by atoms with van der Waals surface area (Å²) in [6, 6.07) is 20.3. The normalized spacial score (nSPS) is 11.5. The number of furan rings is 1. The molecule has 5 aromatic rings. The van der Waals surface area contributed by atoms with E-state index in [1.807, 2.05) is 48.8 Å². The zero-order chi connectivity index (χ0) is 15.2. The van der Waals surface area contributed by atoms with Gasteiger partial charge < -0.3 is 4.42 Å². The summed E-state index contributed by atoms with van der Waals surface area (Å²) in [5.74, 6) is 0. The molecule has 2 aromatic carbocycles. The van der Waals surface area contributed by atoms with Crippen LogP contribution in [0.5, 0.6) is 0 Å². The molecule has 0 atom stereocenters. The highest BCUT2D eigenvalue weighted by Gasteiger charge is 2.14. The number of fused-ring (bicyclic) bond motifs is 4. The maximum absolute atomic E-state index is 6.05. The molecule has 0 fully saturated rings. The van der Waals surface area contributed by atoms with E-state index in [9.17, 15) is 0 Å². The van der Waals surface area contributed by atoms with Crippen LogP contribution in [0.3, 0.4) is 0 Å². The first-order chi connectivity index (χ1) is 11.4. The van der Waals surface area contributed by atoms with E-state index in [0.29, 0.717) is 0 Å². The van der Waals surface area contributed by atoms with Crippen LogP contribution < -0.4 is 0 Å². The minimum atomic E-state index is 0.782. The van der Waals surface area contributed by atoms with Gasteiger partial charge in [0.25, 0.3) is 0 Å². The van der Waals surface area contributed by atoms with Crippen molar-refractivity contribution in [3.8, 4) is 11.4 Å². The lowest BCUT2D eigenvalue weighted by atomic mass is 10.1. The van der Waals surface area contributed by atoms with Crippen molar-refractivity contribution in [2.75, 3.05) is 0 Å². The van der Waals surface area contributed by atoms with Gasteiger partial charge in [-0.15, -0.1) is 0 Å². The number of nitrogens with zero attached hydrogens (tertiary/aromatic N) is 2. The Balaban J connectivity index is 1.84. The second kappa shape index (κ2) is 4.65. The van der Waals surface area contributed by atoms with Gasteiger partial charge in [0.05, 0.1) is 5.69 Å². The fraction of sp³-hybridized carbons (Fsp3) is 0. The first-order valence-corrected chi connectivity index (χ1v) is 7.51. The summed E-state index contributed by atoms with van der Waals surface area (Å²) in [6.45, 7) is 0. The van der Waals surface area contributed by atoms with Crippen molar-refractivity contribution in [3.63, 3.8) is 0 Å². The van der Waals surface area contributed by atoms with Crippen molar-refractivity contribution in [1.82, 2.24) is 9.97 Å². The first-order valence-electron chi connectivity index (χ1n) is 7.51. The average Bonchev–Trinajstić information content (AvgIpc) is 3.00. The molecule has 0 aliphatic rings. The summed E-state index contributed by atoms with van der Waals surface area (Å²) >= 11 is 0. The van der Waals surface area contributed by atoms with Crippen molar-refractivity contribution < 1.29 is 4.42 Å². The largest absolute Gasteiger partial charge is 0.454 e. The fourth-order valence-electron chi connectivity index (χ4n) is 3.05. The zero-order valence-electron chi connectivity index (χ0n) is 12.2. The molecule has 0 N–H and O–H groups in total. The number of aromatic nitrogens is 2. The van der Waals surface area contributed by atoms with Crippen LogP contribution in [0.2, 0.25) is 0 Å². The zero-order valence-corrected chi connectivity index (χ0v) is 12.2. The van der Waals surface area contributed by atoms with Gasteiger partial charge in [-0.1, -0.05) is 42.5 Å². The second-order valence-corrected chi connectivity index (χ2v) is 5.55. The molecule has 3 heterocycles. The molecule has 5 rings (SSSR count). The van der Waals surface area contributed by atoms with Gasteiger partial charge in [0.15, 0.2) is 5.58 Å². The lowest BCUT2D eigenvalue weighted by Gasteiger charge is -2.03. The fourth-order valence-corrected chi connectivity index (χ4v) is 3.05. The van der Waals surface area contributed by atoms with Gasteiger partial charge in [0, 0.05) is 28.6 Å². The second-order valence-electron chi connectivity index (χ2n) is 5.55. The summed E-state index contributed by atoms with van der Waals surface area (Å²) < 4.78 is 6.05. The Morgan fingerprint density at radius 3 is 2.52 bits per heavy atom. The number of benzene rings is 2. The predicted molar refractivity (Wildman–Crippen MR) is 92.3 cm³/mol. The average molecular weight is 296 g/mol. The third kappa shape index (κ3) is 1.83. The molecule has 0 saturated heterocycles. The predicted octanol–water partition coefficient (Wildman–Crippen LogP) is 5.20. The summed E-state index contributed by atoms with van der Waals surface area (Å²) in [6.07, 6.45) is 3.70. The summed E-state index contributed by atoms with van der Waals surface area (Å²) in [4.78, 5) is 9.10. The Hall–Kier alpha value is -3.20. The Morgan fingerprint density at radius 2 is 1.57 bits per heavy atom. The molecule has 0 saturated carbocycles. The lowest BCUT2D eigenvalue weighted by Crippen LogP contribution is -1.88. The molecule has 0 amide bonds. The van der Waals surface area contributed by atoms with Crippen LogP contribution in [-0.4, -0.2) is 9.97 Å². The number of hydrogen-bond donors (Lipinski definition) is 0. The topological polar surface area (TPSA) is 38.9 Å². The first kappa shape index (κ1) is 12.4. The van der Waals surface area contributed by atoms with Gasteiger partial charge in [-0.25, -0.2) is 0 Å². The standard InChI is InChI=1S/C20H12N2O/c1-2-6-14-12-22-17(11-13(14)5-1)19-20-16(9-10-21-19)15-7-3-4-8-18(15)23-20/h1-12H. The summed E-state index contributed by atoms with van der Waals surface area (Å²) in [5, 5.41) is 4.44. The van der Waals surface area contributed by atoms with E-state index < -0.39 is 0 Å². The number of para-hydroxylation sites is 1. The number of hydrogen-bond acceptors (Lipinski definition) is 3. The highest BCUT2D eigenvalue weighted by atomic mass is 16.3. The van der Waals surface area contributed by atoms with Gasteiger partial charge in [-0.05, 0) is 23.6 Å². The van der Waals surface area contributed by atoms with Crippen LogP contribution in [0.15, 0.2) is 77.5 Å². The molecular formula is C20H12N2O. The molecule has 0 radical (unpaired) electrons. The van der Waals surface area contributed by atoms with Crippen molar-refractivity contribution in [1.29, 1.82) is 0 Å². The SMILES string of the molecule is c1ccc2cc(-c3nccc4c3oc3ccccc34)ncc2c1. The summed E-state index contributed by atoms with van der Waals surface area (Å²) in [5.41, 5.74) is 3.27. The van der Waals surface area contributed by atoms with E-state index in [4.69, 9.17) is 4.42 Å². The Kier molecular flexibility index (Phi) is 2.50. The molecular weight excluding hydrogens is 284 g/mol. The van der Waals surface area contributed by atoms with Crippen molar-refractivity contribution in [3.05, 3.63) is 73.1 Å². The van der Waals surface area contributed by atoms with Gasteiger partial charge in [0.1, 0.15) is 11.3 Å². The van der Waals surface area contributed by atoms with E-state index in [0.717, 1.165) is 44.1 Å². The Morgan fingerprint density at radius 1 is 0.739 bits per heavy atom. The molecule has 0 aliphatic carbocycles. The maximum Gasteiger partial charge on any atom is 0.163 e. The molecule has 3 aromatic heterocycles. The van der Waals surface area contributed by atoms with Crippen molar-refractivity contribution in [2.24, 2.45) is 0 Å². The smallest absolute Gasteiger partial charge is 0.163 e. The minimum absolute atomic E-state index is 0.782. The number of pyridine rings is 2. The van der Waals surface area contributed by atoms with Crippen molar-refractivity contribution in [2.45, 2.75) is 0 Å². The van der Waals surface area contributed by atoms with Gasteiger partial charge in [-0.3, -0.25) is 9.97 Å². The molecule has 0 spiro atoms. The molecule has 3 heteroatoms. The van der Waals surface area contributed by atoms with Crippen LogP contribution in [0.1, 0.15) is 0 Å². The van der Waals surface area contributed by atoms with Gasteiger partial charge >= 0.3 is 0 Å². The van der Waals surface area contributed by atoms with Crippen LogP contribution in [0.25, 0.3) is 44.1 Å². The molecule has 23 heavy (non-hydrogen) atoms. The lowest BCUT2D eigenvalue weighted by molar-refractivity contribution is 0.668. The molecule has 108 valence electrons. The molecule has 0 unspecified atom stereocenters. The monoisotopic (exact) mass is 296 g/mol. The van der Waals surface area contributed by atoms with Crippen LogP contribution >= 0.6 is 0 Å². The highest BCUT2D eigenvalue weighted by molar-refractivity contribution is 6.08. The van der Waals surface area contributed by atoms with E-state index in [2.05, 4.69) is 34.2 Å². The van der Waals surface area contributed by atoms with Crippen molar-refractivity contribution >= 4 is 32.7 Å². The van der Waals surface area contributed by atoms with E-state index in [-0.39, 0.29) is 0 Å². The third-order valence-electron chi connectivity index (χ3n) is 4.17. The van der Waals surface area contributed by atoms with Crippen LogP contribution in [0, 0.1) is 0 Å².